The molecule has 0 aromatic heterocycles. The smallest absolute Gasteiger partial charge is 0.0707 e. The Morgan fingerprint density at radius 3 is 1.93 bits per heavy atom. The van der Waals surface area contributed by atoms with E-state index in [0.717, 1.165) is 12.8 Å². The Balaban J connectivity index is 3.54. The minimum absolute atomic E-state index is 0.0846. The third-order valence-electron chi connectivity index (χ3n) is 2.56. The van der Waals surface area contributed by atoms with Crippen LogP contribution in [0.1, 0.15) is 47.5 Å². The van der Waals surface area contributed by atoms with Gasteiger partial charge in [0.15, 0.2) is 0 Å². The zero-order valence-electron chi connectivity index (χ0n) is 10.9. The molecule has 0 unspecified atom stereocenters. The highest BCUT2D eigenvalue weighted by molar-refractivity contribution is 4.80. The fraction of sp³-hybridized carbons (Fsp3) is 1.00. The average Bonchev–Trinajstić information content (AvgIpc) is 2.15. The molecule has 0 spiro atoms. The number of ether oxygens (including phenoxy) is 2. The Morgan fingerprint density at radius 1 is 1.00 bits per heavy atom. The van der Waals surface area contributed by atoms with Crippen LogP contribution in [0.4, 0.5) is 0 Å². The molecule has 0 saturated heterocycles. The van der Waals surface area contributed by atoms with Gasteiger partial charge < -0.3 is 15.2 Å². The topological polar surface area (TPSA) is 44.5 Å². The standard InChI is InChI=1S/C12H27NO2/c1-6-12(13,7-2)10-14-8-9-15-11(3,4)5/h6-10,13H2,1-5H3. The van der Waals surface area contributed by atoms with Gasteiger partial charge in [0.05, 0.1) is 25.4 Å². The van der Waals surface area contributed by atoms with E-state index in [-0.39, 0.29) is 11.1 Å². The minimum Gasteiger partial charge on any atom is -0.377 e. The molecule has 0 aliphatic heterocycles. The van der Waals surface area contributed by atoms with E-state index in [1.165, 1.54) is 0 Å². The molecule has 3 heteroatoms. The lowest BCUT2D eigenvalue weighted by Crippen LogP contribution is -2.43. The second-order valence-corrected chi connectivity index (χ2v) is 5.08. The predicted molar refractivity (Wildman–Crippen MR) is 64.0 cm³/mol. The molecule has 2 N–H and O–H groups in total. The van der Waals surface area contributed by atoms with Gasteiger partial charge >= 0.3 is 0 Å². The second-order valence-electron chi connectivity index (χ2n) is 5.08. The first kappa shape index (κ1) is 14.9. The molecule has 0 aliphatic rings. The lowest BCUT2D eigenvalue weighted by atomic mass is 9.96. The first-order chi connectivity index (χ1) is 6.83. The summed E-state index contributed by atoms with van der Waals surface area (Å²) < 4.78 is 11.1. The van der Waals surface area contributed by atoms with Gasteiger partial charge in [-0.05, 0) is 33.6 Å². The van der Waals surface area contributed by atoms with Gasteiger partial charge in [0, 0.05) is 5.54 Å². The van der Waals surface area contributed by atoms with Crippen molar-refractivity contribution in [3.63, 3.8) is 0 Å². The molecule has 0 radical (unpaired) electrons. The van der Waals surface area contributed by atoms with Crippen molar-refractivity contribution in [1.82, 2.24) is 0 Å². The summed E-state index contributed by atoms with van der Waals surface area (Å²) in [6.45, 7) is 12.2. The van der Waals surface area contributed by atoms with Gasteiger partial charge in [0.2, 0.25) is 0 Å². The lowest BCUT2D eigenvalue weighted by molar-refractivity contribution is -0.0415. The van der Waals surface area contributed by atoms with Crippen LogP contribution in [0.5, 0.6) is 0 Å². The molecule has 0 aromatic rings. The summed E-state index contributed by atoms with van der Waals surface area (Å²) in [4.78, 5) is 0. The SMILES string of the molecule is CCC(N)(CC)COCCOC(C)(C)C. The van der Waals surface area contributed by atoms with Crippen LogP contribution in [0, 0.1) is 0 Å². The number of hydrogen-bond acceptors (Lipinski definition) is 3. The summed E-state index contributed by atoms with van der Waals surface area (Å²) in [7, 11) is 0. The predicted octanol–water partition coefficient (Wildman–Crippen LogP) is 2.34. The maximum Gasteiger partial charge on any atom is 0.0707 e. The quantitative estimate of drug-likeness (QED) is 0.666. The van der Waals surface area contributed by atoms with Gasteiger partial charge in [-0.25, -0.2) is 0 Å². The van der Waals surface area contributed by atoms with Gasteiger partial charge in [0.1, 0.15) is 0 Å². The molecule has 0 bridgehead atoms. The van der Waals surface area contributed by atoms with Crippen molar-refractivity contribution in [3.05, 3.63) is 0 Å². The Labute approximate surface area is 94.3 Å². The van der Waals surface area contributed by atoms with Crippen LogP contribution in [0.15, 0.2) is 0 Å². The van der Waals surface area contributed by atoms with E-state index >= 15 is 0 Å². The van der Waals surface area contributed by atoms with Gasteiger partial charge in [0.25, 0.3) is 0 Å². The van der Waals surface area contributed by atoms with Crippen LogP contribution in [-0.4, -0.2) is 31.0 Å². The molecule has 0 aliphatic carbocycles. The normalized spacial score (nSPS) is 13.2. The van der Waals surface area contributed by atoms with Crippen LogP contribution in [0.3, 0.4) is 0 Å². The van der Waals surface area contributed by atoms with Gasteiger partial charge in [-0.1, -0.05) is 13.8 Å². The summed E-state index contributed by atoms with van der Waals surface area (Å²) in [5.41, 5.74) is 5.85. The Morgan fingerprint density at radius 2 is 1.53 bits per heavy atom. The number of nitrogens with two attached hydrogens (primary N) is 1. The van der Waals surface area contributed by atoms with Gasteiger partial charge in [-0.2, -0.15) is 0 Å². The van der Waals surface area contributed by atoms with E-state index in [2.05, 4.69) is 13.8 Å². The monoisotopic (exact) mass is 217 g/mol. The number of hydrogen-bond donors (Lipinski definition) is 1. The van der Waals surface area contributed by atoms with Crippen molar-refractivity contribution in [2.75, 3.05) is 19.8 Å². The highest BCUT2D eigenvalue weighted by Crippen LogP contribution is 2.11. The van der Waals surface area contributed by atoms with E-state index in [4.69, 9.17) is 15.2 Å². The van der Waals surface area contributed by atoms with Crippen molar-refractivity contribution < 1.29 is 9.47 Å². The summed E-state index contributed by atoms with van der Waals surface area (Å²) in [5, 5.41) is 0. The van der Waals surface area contributed by atoms with E-state index in [1.54, 1.807) is 0 Å². The maximum absolute atomic E-state index is 6.10. The first-order valence-corrected chi connectivity index (χ1v) is 5.83. The Kier molecular flexibility index (Phi) is 6.41. The third kappa shape index (κ3) is 7.77. The molecule has 15 heavy (non-hydrogen) atoms. The molecule has 0 atom stereocenters. The highest BCUT2D eigenvalue weighted by atomic mass is 16.5. The molecule has 92 valence electrons. The van der Waals surface area contributed by atoms with E-state index in [0.29, 0.717) is 19.8 Å². The lowest BCUT2D eigenvalue weighted by Gasteiger charge is -2.26. The minimum atomic E-state index is -0.165. The largest absolute Gasteiger partial charge is 0.377 e. The number of rotatable bonds is 7. The molecule has 0 fully saturated rings. The van der Waals surface area contributed by atoms with E-state index in [9.17, 15) is 0 Å². The fourth-order valence-electron chi connectivity index (χ4n) is 1.14. The zero-order valence-corrected chi connectivity index (χ0v) is 10.9. The summed E-state index contributed by atoms with van der Waals surface area (Å²) in [6.07, 6.45) is 1.90. The average molecular weight is 217 g/mol. The van der Waals surface area contributed by atoms with E-state index < -0.39 is 0 Å². The molecule has 0 rings (SSSR count). The van der Waals surface area contributed by atoms with Crippen molar-refractivity contribution in [2.24, 2.45) is 5.73 Å². The van der Waals surface area contributed by atoms with Crippen LogP contribution in [0.2, 0.25) is 0 Å². The highest BCUT2D eigenvalue weighted by Gasteiger charge is 2.20. The van der Waals surface area contributed by atoms with Crippen LogP contribution in [0.25, 0.3) is 0 Å². The molecular weight excluding hydrogens is 190 g/mol. The van der Waals surface area contributed by atoms with Crippen LogP contribution in [-0.2, 0) is 9.47 Å². The summed E-state index contributed by atoms with van der Waals surface area (Å²) >= 11 is 0. The van der Waals surface area contributed by atoms with Gasteiger partial charge in [-0.15, -0.1) is 0 Å². The van der Waals surface area contributed by atoms with Crippen molar-refractivity contribution >= 4 is 0 Å². The molecule has 0 amide bonds. The Hall–Kier alpha value is -0.120. The first-order valence-electron chi connectivity index (χ1n) is 5.83. The molecule has 0 heterocycles. The van der Waals surface area contributed by atoms with Crippen molar-refractivity contribution in [3.8, 4) is 0 Å². The van der Waals surface area contributed by atoms with Crippen molar-refractivity contribution in [2.45, 2.75) is 58.6 Å². The van der Waals surface area contributed by atoms with Crippen LogP contribution < -0.4 is 5.73 Å². The molecule has 0 aromatic carbocycles. The maximum atomic E-state index is 6.10. The molecule has 0 saturated carbocycles. The zero-order chi connectivity index (χ0) is 11.9. The summed E-state index contributed by atoms with van der Waals surface area (Å²) in [5.74, 6) is 0. The second kappa shape index (κ2) is 6.46. The molecular formula is C12H27NO2. The van der Waals surface area contributed by atoms with Crippen molar-refractivity contribution in [1.29, 1.82) is 0 Å². The summed E-state index contributed by atoms with van der Waals surface area (Å²) in [6, 6.07) is 0. The fourth-order valence-corrected chi connectivity index (χ4v) is 1.14. The molecule has 3 nitrogen and oxygen atoms in total. The Bertz CT molecular complexity index is 159. The van der Waals surface area contributed by atoms with Gasteiger partial charge in [-0.3, -0.25) is 0 Å². The third-order valence-corrected chi connectivity index (χ3v) is 2.56. The van der Waals surface area contributed by atoms with Crippen LogP contribution >= 0.6 is 0 Å². The van der Waals surface area contributed by atoms with E-state index in [1.807, 2.05) is 20.8 Å².